The number of anilines is 6. The van der Waals surface area contributed by atoms with Crippen LogP contribution in [0, 0.1) is 0 Å². The van der Waals surface area contributed by atoms with Gasteiger partial charge in [-0.25, -0.2) is 0 Å². The third kappa shape index (κ3) is 6.76. The Balaban J connectivity index is 0.00000249. The zero-order valence-electron chi connectivity index (χ0n) is 41.2. The molecule has 0 saturated heterocycles. The lowest BCUT2D eigenvalue weighted by Crippen LogP contribution is -2.31. The van der Waals surface area contributed by atoms with Crippen LogP contribution in [0.1, 0.15) is 84.0 Å². The average Bonchev–Trinajstić information content (AvgIpc) is 3.89. The van der Waals surface area contributed by atoms with Crippen molar-refractivity contribution in [2.24, 2.45) is 0 Å². The van der Waals surface area contributed by atoms with Gasteiger partial charge in [0.25, 0.3) is 0 Å². The molecule has 2 spiro atoms. The van der Waals surface area contributed by atoms with Gasteiger partial charge in [0.1, 0.15) is 0 Å². The van der Waals surface area contributed by atoms with Gasteiger partial charge in [-0.1, -0.05) is 184 Å². The van der Waals surface area contributed by atoms with Crippen LogP contribution < -0.4 is 9.80 Å². The SMILES string of the molecule is CC.c1ccc(N(c2ccc(-c3ccc(N(c4ccccc4)c4ccc5c(c4)C4(CCCc6ccccc64)c4ccccc4-5)cc3)cc2)c2ccc3c(c2)C2(CCCc4ccccc42)c2ccccc2-3)cc1. The number of hydrogen-bond acceptors (Lipinski definition) is 2. The van der Waals surface area contributed by atoms with Crippen molar-refractivity contribution in [2.45, 2.75) is 63.2 Å². The maximum atomic E-state index is 2.50. The quantitative estimate of drug-likeness (QED) is 0.157. The van der Waals surface area contributed by atoms with E-state index in [0.29, 0.717) is 0 Å². The molecule has 14 rings (SSSR count). The maximum absolute atomic E-state index is 2.50. The Hall–Kier alpha value is -8.20. The summed E-state index contributed by atoms with van der Waals surface area (Å²) in [6.07, 6.45) is 6.82. The molecule has 2 unspecified atom stereocenters. The minimum atomic E-state index is -0.165. The van der Waals surface area contributed by atoms with Crippen LogP contribution in [0.25, 0.3) is 33.4 Å². The van der Waals surface area contributed by atoms with Crippen molar-refractivity contribution in [1.29, 1.82) is 0 Å². The lowest BCUT2D eigenvalue weighted by atomic mass is 9.64. The molecule has 2 nitrogen and oxygen atoms in total. The molecule has 0 heterocycles. The van der Waals surface area contributed by atoms with Crippen LogP contribution in [0.3, 0.4) is 0 Å². The summed E-state index contributed by atoms with van der Waals surface area (Å²) in [5.74, 6) is 0. The smallest absolute Gasteiger partial charge is 0.0467 e. The van der Waals surface area contributed by atoms with Crippen molar-refractivity contribution in [3.63, 3.8) is 0 Å². The first kappa shape index (κ1) is 43.8. The summed E-state index contributed by atoms with van der Waals surface area (Å²) in [6.45, 7) is 4.00. The van der Waals surface area contributed by atoms with Crippen molar-refractivity contribution in [3.8, 4) is 33.4 Å². The van der Waals surface area contributed by atoms with Crippen molar-refractivity contribution in [1.82, 2.24) is 0 Å². The van der Waals surface area contributed by atoms with E-state index in [1.54, 1.807) is 0 Å². The first-order valence-electron chi connectivity index (χ1n) is 26.3. The number of benzene rings is 10. The first-order valence-corrected chi connectivity index (χ1v) is 26.3. The standard InChI is InChI=1S/C68H52N2.C2H6/c1-3-21-51(22-4-1)69(55-39-41-59-57-25-9-13-29-63(57)67(65(59)45-55)43-15-19-49-17-7-11-27-61(49)67)53-35-31-47(32-36-53)48-33-37-54(38-34-48)70(52-23-5-2-6-24-52)56-40-42-60-58-26-10-14-30-64(58)68(66(60)46-56)44-16-20-50-18-8-12-28-62(50)68;1-2/h1-14,17-18,21-42,45-46H,15-16,19-20,43-44H2;1-2H3. The van der Waals surface area contributed by atoms with Gasteiger partial charge in [-0.2, -0.15) is 0 Å². The van der Waals surface area contributed by atoms with E-state index in [9.17, 15) is 0 Å². The second kappa shape index (κ2) is 17.9. The fourth-order valence-corrected chi connectivity index (χ4v) is 13.4. The zero-order valence-corrected chi connectivity index (χ0v) is 41.2. The summed E-state index contributed by atoms with van der Waals surface area (Å²) in [4.78, 5) is 4.86. The Labute approximate surface area is 425 Å². The summed E-state index contributed by atoms with van der Waals surface area (Å²) >= 11 is 0. The third-order valence-corrected chi connectivity index (χ3v) is 16.4. The molecule has 0 radical (unpaired) electrons. The minimum absolute atomic E-state index is 0.165. The van der Waals surface area contributed by atoms with E-state index in [0.717, 1.165) is 48.4 Å². The lowest BCUT2D eigenvalue weighted by Gasteiger charge is -2.38. The Morgan fingerprint density at radius 2 is 0.597 bits per heavy atom. The molecule has 72 heavy (non-hydrogen) atoms. The minimum Gasteiger partial charge on any atom is -0.310 e. The first-order chi connectivity index (χ1) is 35.7. The summed E-state index contributed by atoms with van der Waals surface area (Å²) < 4.78 is 0. The van der Waals surface area contributed by atoms with E-state index in [1.807, 2.05) is 13.8 Å². The highest BCUT2D eigenvalue weighted by Crippen LogP contribution is 2.60. The van der Waals surface area contributed by atoms with Crippen molar-refractivity contribution in [3.05, 3.63) is 287 Å². The van der Waals surface area contributed by atoms with Gasteiger partial charge < -0.3 is 9.80 Å². The molecule has 0 N–H and O–H groups in total. The number of para-hydroxylation sites is 2. The molecule has 0 aliphatic heterocycles. The second-order valence-corrected chi connectivity index (χ2v) is 19.8. The van der Waals surface area contributed by atoms with Gasteiger partial charge in [-0.05, 0) is 189 Å². The topological polar surface area (TPSA) is 6.48 Å². The number of aryl methyl sites for hydroxylation is 2. The number of rotatable bonds is 7. The number of fused-ring (bicyclic) bond motifs is 14. The zero-order chi connectivity index (χ0) is 48.2. The van der Waals surface area contributed by atoms with E-state index in [1.165, 1.54) is 102 Å². The van der Waals surface area contributed by atoms with Gasteiger partial charge in [0.2, 0.25) is 0 Å². The Morgan fingerprint density at radius 1 is 0.278 bits per heavy atom. The molecule has 0 bridgehead atoms. The molecule has 0 amide bonds. The van der Waals surface area contributed by atoms with E-state index in [4.69, 9.17) is 0 Å². The van der Waals surface area contributed by atoms with Crippen LogP contribution in [0.4, 0.5) is 34.1 Å². The van der Waals surface area contributed by atoms with Crippen molar-refractivity contribution < 1.29 is 0 Å². The van der Waals surface area contributed by atoms with E-state index in [2.05, 4.69) is 252 Å². The van der Waals surface area contributed by atoms with Gasteiger partial charge in [0, 0.05) is 45.0 Å². The Kier molecular flexibility index (Phi) is 10.9. The van der Waals surface area contributed by atoms with Gasteiger partial charge in [0.05, 0.1) is 0 Å². The van der Waals surface area contributed by atoms with Crippen LogP contribution in [0.5, 0.6) is 0 Å². The Bertz CT molecular complexity index is 3370. The van der Waals surface area contributed by atoms with Gasteiger partial charge in [-0.3, -0.25) is 0 Å². The monoisotopic (exact) mass is 926 g/mol. The molecule has 0 aromatic heterocycles. The largest absolute Gasteiger partial charge is 0.310 e. The highest BCUT2D eigenvalue weighted by Gasteiger charge is 2.48. The highest BCUT2D eigenvalue weighted by molar-refractivity contribution is 5.90. The summed E-state index contributed by atoms with van der Waals surface area (Å²) in [7, 11) is 0. The maximum Gasteiger partial charge on any atom is 0.0467 e. The normalized spacial score (nSPS) is 17.4. The fraction of sp³-hybridized carbons (Fsp3) is 0.143. The Morgan fingerprint density at radius 3 is 1.01 bits per heavy atom. The fourth-order valence-electron chi connectivity index (χ4n) is 13.4. The van der Waals surface area contributed by atoms with Gasteiger partial charge in [0.15, 0.2) is 0 Å². The van der Waals surface area contributed by atoms with E-state index < -0.39 is 0 Å². The molecule has 2 heteroatoms. The highest BCUT2D eigenvalue weighted by atomic mass is 15.1. The van der Waals surface area contributed by atoms with E-state index >= 15 is 0 Å². The molecular weight excluding hydrogens is 869 g/mol. The third-order valence-electron chi connectivity index (χ3n) is 16.4. The predicted octanol–water partition coefficient (Wildman–Crippen LogP) is 18.6. The average molecular weight is 927 g/mol. The molecule has 4 aliphatic carbocycles. The summed E-state index contributed by atoms with van der Waals surface area (Å²) in [5.41, 5.74) is 26.0. The van der Waals surface area contributed by atoms with Crippen LogP contribution in [0.15, 0.2) is 243 Å². The second-order valence-electron chi connectivity index (χ2n) is 19.8. The molecule has 0 fully saturated rings. The van der Waals surface area contributed by atoms with Crippen molar-refractivity contribution in [2.75, 3.05) is 9.80 Å². The molecule has 4 aliphatic rings. The molecular formula is C70H58N2. The molecule has 10 aromatic rings. The van der Waals surface area contributed by atoms with Crippen LogP contribution in [-0.2, 0) is 23.7 Å². The molecule has 2 atom stereocenters. The molecule has 348 valence electrons. The molecule has 0 saturated carbocycles. The predicted molar refractivity (Wildman–Crippen MR) is 302 cm³/mol. The van der Waals surface area contributed by atoms with Crippen molar-refractivity contribution >= 4 is 34.1 Å². The number of hydrogen-bond donors (Lipinski definition) is 0. The molecule has 10 aromatic carbocycles. The van der Waals surface area contributed by atoms with Crippen LogP contribution in [-0.4, -0.2) is 0 Å². The number of nitrogens with zero attached hydrogens (tertiary/aromatic N) is 2. The van der Waals surface area contributed by atoms with Gasteiger partial charge in [-0.15, -0.1) is 0 Å². The van der Waals surface area contributed by atoms with Gasteiger partial charge >= 0.3 is 0 Å². The van der Waals surface area contributed by atoms with Crippen LogP contribution in [0.2, 0.25) is 0 Å². The van der Waals surface area contributed by atoms with Crippen LogP contribution >= 0.6 is 0 Å². The summed E-state index contributed by atoms with van der Waals surface area (Å²) in [5, 5.41) is 0. The lowest BCUT2D eigenvalue weighted by molar-refractivity contribution is 0.507. The summed E-state index contributed by atoms with van der Waals surface area (Å²) in [6, 6.07) is 91.1. The van der Waals surface area contributed by atoms with E-state index in [-0.39, 0.29) is 10.8 Å².